The number of nitrogens with one attached hydrogen (secondary N) is 1. The average molecular weight is 273 g/mol. The molecular formula is C15H12FNOS. The Morgan fingerprint density at radius 3 is 2.84 bits per heavy atom. The molecule has 0 fully saturated rings. The van der Waals surface area contributed by atoms with Crippen molar-refractivity contribution < 1.29 is 9.18 Å². The number of rotatable bonds is 1. The number of carbonyl (C=O) groups is 1. The predicted octanol–water partition coefficient (Wildman–Crippen LogP) is 4.00. The third-order valence-electron chi connectivity index (χ3n) is 3.02. The van der Waals surface area contributed by atoms with E-state index >= 15 is 0 Å². The van der Waals surface area contributed by atoms with E-state index in [2.05, 4.69) is 5.32 Å². The average Bonchev–Trinajstić information content (AvgIpc) is 2.56. The molecule has 1 N–H and O–H groups in total. The van der Waals surface area contributed by atoms with E-state index in [-0.39, 0.29) is 17.0 Å². The van der Waals surface area contributed by atoms with Gasteiger partial charge < -0.3 is 5.32 Å². The molecule has 0 aliphatic carbocycles. The maximum Gasteiger partial charge on any atom is 0.225 e. The van der Waals surface area contributed by atoms with Gasteiger partial charge in [-0.3, -0.25) is 4.79 Å². The van der Waals surface area contributed by atoms with Gasteiger partial charge in [0.05, 0.1) is 5.69 Å². The first-order valence-electron chi connectivity index (χ1n) is 6.03. The second-order valence-electron chi connectivity index (χ2n) is 4.41. The zero-order valence-electron chi connectivity index (χ0n) is 10.1. The Hall–Kier alpha value is -1.81. The van der Waals surface area contributed by atoms with Crippen LogP contribution in [0.3, 0.4) is 0 Å². The quantitative estimate of drug-likeness (QED) is 0.850. The zero-order valence-corrected chi connectivity index (χ0v) is 10.9. The molecule has 0 aromatic heterocycles. The van der Waals surface area contributed by atoms with Crippen molar-refractivity contribution in [2.24, 2.45) is 0 Å². The summed E-state index contributed by atoms with van der Waals surface area (Å²) in [5.41, 5.74) is 1.67. The van der Waals surface area contributed by atoms with E-state index < -0.39 is 0 Å². The van der Waals surface area contributed by atoms with Crippen LogP contribution >= 0.6 is 11.8 Å². The summed E-state index contributed by atoms with van der Waals surface area (Å²) >= 11 is 1.59. The molecule has 0 radical (unpaired) electrons. The van der Waals surface area contributed by atoms with Crippen molar-refractivity contribution in [1.82, 2.24) is 0 Å². The van der Waals surface area contributed by atoms with Gasteiger partial charge in [-0.2, -0.15) is 0 Å². The molecule has 1 aliphatic heterocycles. The van der Waals surface area contributed by atoms with Gasteiger partial charge in [-0.1, -0.05) is 24.3 Å². The molecule has 2 nitrogen and oxygen atoms in total. The Bertz CT molecular complexity index is 629. The summed E-state index contributed by atoms with van der Waals surface area (Å²) in [5.74, 6) is -0.303. The normalized spacial score (nSPS) is 18.4. The van der Waals surface area contributed by atoms with E-state index in [1.165, 1.54) is 12.1 Å². The van der Waals surface area contributed by atoms with Crippen LogP contribution < -0.4 is 5.32 Å². The van der Waals surface area contributed by atoms with Crippen molar-refractivity contribution in [3.05, 3.63) is 59.9 Å². The molecule has 1 amide bonds. The molecule has 3 rings (SSSR count). The number of hydrogen-bond donors (Lipinski definition) is 1. The Morgan fingerprint density at radius 1 is 1.16 bits per heavy atom. The predicted molar refractivity (Wildman–Crippen MR) is 74.7 cm³/mol. The van der Waals surface area contributed by atoms with Crippen LogP contribution in [-0.2, 0) is 4.79 Å². The molecule has 4 heteroatoms. The van der Waals surface area contributed by atoms with E-state index in [1.54, 1.807) is 17.8 Å². The fraction of sp³-hybridized carbons (Fsp3) is 0.133. The molecule has 1 aliphatic rings. The summed E-state index contributed by atoms with van der Waals surface area (Å²) in [6.07, 6.45) is 0.350. The Labute approximate surface area is 115 Å². The lowest BCUT2D eigenvalue weighted by Gasteiger charge is -2.13. The van der Waals surface area contributed by atoms with Gasteiger partial charge in [0.1, 0.15) is 5.82 Å². The molecule has 1 heterocycles. The van der Waals surface area contributed by atoms with Gasteiger partial charge in [-0.15, -0.1) is 11.8 Å². The van der Waals surface area contributed by atoms with Crippen LogP contribution in [0, 0.1) is 5.82 Å². The number of carbonyl (C=O) groups excluding carboxylic acids is 1. The van der Waals surface area contributed by atoms with Gasteiger partial charge in [0, 0.05) is 16.6 Å². The Kier molecular flexibility index (Phi) is 3.25. The SMILES string of the molecule is O=C1C[C@H](c2cccc(F)c2)Sc2ccccc2N1. The van der Waals surface area contributed by atoms with Gasteiger partial charge in [-0.05, 0) is 29.8 Å². The largest absolute Gasteiger partial charge is 0.325 e. The summed E-state index contributed by atoms with van der Waals surface area (Å²) < 4.78 is 13.3. The lowest BCUT2D eigenvalue weighted by molar-refractivity contribution is -0.116. The number of para-hydroxylation sites is 1. The van der Waals surface area contributed by atoms with E-state index in [0.29, 0.717) is 6.42 Å². The Morgan fingerprint density at radius 2 is 2.00 bits per heavy atom. The van der Waals surface area contributed by atoms with E-state index in [4.69, 9.17) is 0 Å². The Balaban J connectivity index is 1.98. The first-order chi connectivity index (χ1) is 9.22. The molecule has 0 unspecified atom stereocenters. The minimum atomic E-state index is -0.268. The highest BCUT2D eigenvalue weighted by molar-refractivity contribution is 7.99. The first kappa shape index (κ1) is 12.2. The maximum atomic E-state index is 13.3. The van der Waals surface area contributed by atoms with Crippen LogP contribution in [0.4, 0.5) is 10.1 Å². The second kappa shape index (κ2) is 5.05. The van der Waals surface area contributed by atoms with Crippen LogP contribution in [0.15, 0.2) is 53.4 Å². The summed E-state index contributed by atoms with van der Waals surface area (Å²) in [7, 11) is 0. The van der Waals surface area contributed by atoms with Crippen molar-refractivity contribution >= 4 is 23.4 Å². The standard InChI is InChI=1S/C15H12FNOS/c16-11-5-3-4-10(8-11)14-9-15(18)17-12-6-1-2-7-13(12)19-14/h1-8,14H,9H2,(H,17,18)/t14-/m1/s1. The highest BCUT2D eigenvalue weighted by Gasteiger charge is 2.23. The van der Waals surface area contributed by atoms with Crippen molar-refractivity contribution in [2.45, 2.75) is 16.6 Å². The number of amides is 1. The monoisotopic (exact) mass is 273 g/mol. The van der Waals surface area contributed by atoms with E-state index in [1.807, 2.05) is 30.3 Å². The lowest BCUT2D eigenvalue weighted by atomic mass is 10.1. The molecule has 96 valence electrons. The molecule has 2 aromatic rings. The number of fused-ring (bicyclic) bond motifs is 1. The van der Waals surface area contributed by atoms with Gasteiger partial charge in [0.25, 0.3) is 0 Å². The first-order valence-corrected chi connectivity index (χ1v) is 6.91. The smallest absolute Gasteiger partial charge is 0.225 e. The minimum Gasteiger partial charge on any atom is -0.325 e. The van der Waals surface area contributed by atoms with Crippen molar-refractivity contribution in [2.75, 3.05) is 5.32 Å². The molecule has 0 spiro atoms. The number of benzene rings is 2. The van der Waals surface area contributed by atoms with Gasteiger partial charge in [0.2, 0.25) is 5.91 Å². The van der Waals surface area contributed by atoms with Crippen LogP contribution in [0.1, 0.15) is 17.2 Å². The fourth-order valence-electron chi connectivity index (χ4n) is 2.13. The molecule has 19 heavy (non-hydrogen) atoms. The number of hydrogen-bond acceptors (Lipinski definition) is 2. The third-order valence-corrected chi connectivity index (χ3v) is 4.35. The minimum absolute atomic E-state index is 0.0355. The third kappa shape index (κ3) is 2.63. The fourth-order valence-corrected chi connectivity index (χ4v) is 3.36. The topological polar surface area (TPSA) is 29.1 Å². The van der Waals surface area contributed by atoms with Gasteiger partial charge in [0.15, 0.2) is 0 Å². The molecule has 0 saturated heterocycles. The molecule has 1 atom stereocenters. The van der Waals surface area contributed by atoms with Gasteiger partial charge >= 0.3 is 0 Å². The number of thioether (sulfide) groups is 1. The molecule has 2 aromatic carbocycles. The highest BCUT2D eigenvalue weighted by Crippen LogP contribution is 2.43. The molecular weight excluding hydrogens is 261 g/mol. The summed E-state index contributed by atoms with van der Waals surface area (Å²) in [6, 6.07) is 14.1. The summed E-state index contributed by atoms with van der Waals surface area (Å²) in [4.78, 5) is 12.9. The number of halogens is 1. The molecule has 0 bridgehead atoms. The zero-order chi connectivity index (χ0) is 13.2. The van der Waals surface area contributed by atoms with Crippen LogP contribution in [0.5, 0.6) is 0 Å². The summed E-state index contributed by atoms with van der Waals surface area (Å²) in [6.45, 7) is 0. The van der Waals surface area contributed by atoms with Crippen molar-refractivity contribution in [3.8, 4) is 0 Å². The van der Waals surface area contributed by atoms with Crippen molar-refractivity contribution in [1.29, 1.82) is 0 Å². The van der Waals surface area contributed by atoms with Crippen molar-refractivity contribution in [3.63, 3.8) is 0 Å². The van der Waals surface area contributed by atoms with Crippen LogP contribution in [0.25, 0.3) is 0 Å². The van der Waals surface area contributed by atoms with E-state index in [9.17, 15) is 9.18 Å². The lowest BCUT2D eigenvalue weighted by Crippen LogP contribution is -2.11. The summed E-state index contributed by atoms with van der Waals surface area (Å²) in [5, 5.41) is 2.83. The molecule has 0 saturated carbocycles. The highest BCUT2D eigenvalue weighted by atomic mass is 32.2. The van der Waals surface area contributed by atoms with Crippen LogP contribution in [0.2, 0.25) is 0 Å². The maximum absolute atomic E-state index is 13.3. The van der Waals surface area contributed by atoms with Gasteiger partial charge in [-0.25, -0.2) is 4.39 Å². The second-order valence-corrected chi connectivity index (χ2v) is 5.65. The number of anilines is 1. The van der Waals surface area contributed by atoms with Crippen LogP contribution in [-0.4, -0.2) is 5.91 Å². The van der Waals surface area contributed by atoms with E-state index in [0.717, 1.165) is 16.1 Å².